The molecule has 10 heteroatoms. The third-order valence-electron chi connectivity index (χ3n) is 6.47. The van der Waals surface area contributed by atoms with Crippen LogP contribution in [-0.2, 0) is 20.6 Å². The number of carbonyl (C=O) groups excluding carboxylic acids is 2. The predicted octanol–water partition coefficient (Wildman–Crippen LogP) is 4.23. The van der Waals surface area contributed by atoms with Crippen molar-refractivity contribution in [2.24, 2.45) is 11.7 Å². The van der Waals surface area contributed by atoms with Gasteiger partial charge in [-0.3, -0.25) is 9.59 Å². The van der Waals surface area contributed by atoms with Crippen LogP contribution in [0.25, 0.3) is 17.3 Å². The Morgan fingerprint density at radius 2 is 1.92 bits per heavy atom. The summed E-state index contributed by atoms with van der Waals surface area (Å²) in [5.74, 6) is -1.11. The maximum Gasteiger partial charge on any atom is 0.251 e. The summed E-state index contributed by atoms with van der Waals surface area (Å²) >= 11 is 0. The van der Waals surface area contributed by atoms with Crippen LogP contribution in [-0.4, -0.2) is 55.0 Å². The van der Waals surface area contributed by atoms with Crippen molar-refractivity contribution >= 4 is 34.4 Å². The lowest BCUT2D eigenvalue weighted by Gasteiger charge is -2.39. The van der Waals surface area contributed by atoms with Gasteiger partial charge in [0.05, 0.1) is 28.6 Å². The molecule has 1 aliphatic rings. The maximum absolute atomic E-state index is 13.4. The minimum atomic E-state index is -1.30. The Labute approximate surface area is 227 Å². The highest BCUT2D eigenvalue weighted by atomic mass is 32.2. The second kappa shape index (κ2) is 14.7. The van der Waals surface area contributed by atoms with Gasteiger partial charge in [0.25, 0.3) is 5.91 Å². The van der Waals surface area contributed by atoms with Crippen molar-refractivity contribution in [3.8, 4) is 5.69 Å². The molecular weight excluding hydrogens is 505 g/mol. The molecule has 1 saturated heterocycles. The molecule has 0 radical (unpaired) electrons. The number of aromatic nitrogens is 2. The van der Waals surface area contributed by atoms with Gasteiger partial charge in [-0.15, -0.1) is 0 Å². The summed E-state index contributed by atoms with van der Waals surface area (Å²) in [5, 5.41) is 7.52. The molecule has 1 aromatic heterocycles. The van der Waals surface area contributed by atoms with Gasteiger partial charge in [-0.05, 0) is 62.4 Å². The van der Waals surface area contributed by atoms with E-state index in [0.717, 1.165) is 0 Å². The Morgan fingerprint density at radius 1 is 1.29 bits per heavy atom. The molecule has 3 N–H and O–H groups in total. The van der Waals surface area contributed by atoms with E-state index in [2.05, 4.69) is 30.8 Å². The van der Waals surface area contributed by atoms with E-state index < -0.39 is 22.9 Å². The summed E-state index contributed by atoms with van der Waals surface area (Å²) in [6.07, 6.45) is 9.49. The first-order chi connectivity index (χ1) is 18.1. The zero-order valence-electron chi connectivity index (χ0n) is 22.9. The van der Waals surface area contributed by atoms with Crippen molar-refractivity contribution < 1.29 is 18.2 Å². The summed E-state index contributed by atoms with van der Waals surface area (Å²) < 4.78 is 28.6. The maximum atomic E-state index is 13.4. The molecule has 1 fully saturated rings. The van der Waals surface area contributed by atoms with E-state index in [4.69, 9.17) is 5.73 Å². The molecule has 0 saturated carbocycles. The van der Waals surface area contributed by atoms with Crippen LogP contribution in [0.2, 0.25) is 0 Å². The van der Waals surface area contributed by atoms with Crippen LogP contribution < -0.4 is 11.1 Å². The smallest absolute Gasteiger partial charge is 0.251 e. The van der Waals surface area contributed by atoms with Gasteiger partial charge in [0.1, 0.15) is 11.9 Å². The normalized spacial score (nSPS) is 19.6. The zero-order chi connectivity index (χ0) is 28.4. The first kappa shape index (κ1) is 31.1. The Morgan fingerprint density at radius 3 is 2.42 bits per heavy atom. The average molecular weight is 546 g/mol. The minimum Gasteiger partial charge on any atom is -0.368 e. The second-order valence-corrected chi connectivity index (χ2v) is 10.5. The molecule has 2 heterocycles. The monoisotopic (exact) mass is 545 g/mol. The zero-order valence-corrected chi connectivity index (χ0v) is 23.8. The summed E-state index contributed by atoms with van der Waals surface area (Å²) in [7, 11) is -1.30. The van der Waals surface area contributed by atoms with Crippen LogP contribution in [0, 0.1) is 11.7 Å². The van der Waals surface area contributed by atoms with Gasteiger partial charge < -0.3 is 11.1 Å². The number of nitrogens with two attached hydrogens (primary N) is 1. The number of benzene rings is 1. The Kier molecular flexibility index (Phi) is 12.1. The van der Waals surface area contributed by atoms with Crippen LogP contribution in [0.3, 0.4) is 0 Å². The number of piperidine rings is 1. The van der Waals surface area contributed by atoms with Gasteiger partial charge in [-0.2, -0.15) is 5.10 Å². The molecule has 208 valence electrons. The van der Waals surface area contributed by atoms with Crippen molar-refractivity contribution in [3.63, 3.8) is 0 Å². The molecule has 1 aromatic carbocycles. The van der Waals surface area contributed by atoms with Gasteiger partial charge in [-0.25, -0.2) is 17.6 Å². The minimum absolute atomic E-state index is 0.0140. The van der Waals surface area contributed by atoms with Crippen molar-refractivity contribution in [2.75, 3.05) is 12.8 Å². The first-order valence-electron chi connectivity index (χ1n) is 13.0. The molecule has 0 aliphatic carbocycles. The third-order valence-corrected chi connectivity index (χ3v) is 7.57. The standard InChI is InChI=1S/C25H32FN5O3S.C3H8/c1-5-19(20-15-28-31(22(20)7-3)18-10-8-17(26)9-11-18)25(33)29-21(6-2)16-12-13-30(35(4)34)23(14-16)24(27)32;1-3-2/h5,7-11,15-16,21,23H,3,6,12-14H2,1-2,4H3,(H2,27,32)(H,29,33);3H2,1-2H3/b19-5+;/t16?,21?,23-,35?;/m1./s1. The van der Waals surface area contributed by atoms with Crippen molar-refractivity contribution in [1.82, 2.24) is 19.4 Å². The Balaban J connectivity index is 0.00000161. The Bertz CT molecular complexity index is 1160. The fraction of sp³-hybridized carbons (Fsp3) is 0.464. The first-order valence-corrected chi connectivity index (χ1v) is 14.5. The molecular formula is C28H40FN5O3S. The molecule has 4 atom stereocenters. The SMILES string of the molecule is C=Cc1c(/C(=C\C)C(=O)NC(CC)C2CCN(S(C)=O)[C@@H](C(N)=O)C2)cnn1-c1ccc(F)cc1.CCC. The number of amides is 2. The van der Waals surface area contributed by atoms with Crippen LogP contribution in [0.5, 0.6) is 0 Å². The van der Waals surface area contributed by atoms with Gasteiger partial charge in [0, 0.05) is 30.0 Å². The molecule has 8 nitrogen and oxygen atoms in total. The lowest BCUT2D eigenvalue weighted by Crippen LogP contribution is -2.53. The highest BCUT2D eigenvalue weighted by Gasteiger charge is 2.37. The lowest BCUT2D eigenvalue weighted by atomic mass is 9.84. The molecule has 0 bridgehead atoms. The summed E-state index contributed by atoms with van der Waals surface area (Å²) in [6.45, 7) is 12.3. The fourth-order valence-electron chi connectivity index (χ4n) is 4.66. The molecule has 3 unspecified atom stereocenters. The van der Waals surface area contributed by atoms with Gasteiger partial charge in [0.2, 0.25) is 5.91 Å². The van der Waals surface area contributed by atoms with Gasteiger partial charge in [0.15, 0.2) is 0 Å². The highest BCUT2D eigenvalue weighted by Crippen LogP contribution is 2.29. The van der Waals surface area contributed by atoms with Gasteiger partial charge >= 0.3 is 0 Å². The number of rotatable bonds is 9. The quantitative estimate of drug-likeness (QED) is 0.460. The fourth-order valence-corrected chi connectivity index (χ4v) is 5.57. The van der Waals surface area contributed by atoms with E-state index in [1.165, 1.54) is 24.8 Å². The number of allylic oxidation sites excluding steroid dienone is 1. The number of hydrogen-bond donors (Lipinski definition) is 2. The lowest BCUT2D eigenvalue weighted by molar-refractivity contribution is -0.123. The third kappa shape index (κ3) is 7.48. The van der Waals surface area contributed by atoms with Crippen LogP contribution >= 0.6 is 0 Å². The van der Waals surface area contributed by atoms with E-state index >= 15 is 0 Å². The molecule has 3 rings (SSSR count). The van der Waals surface area contributed by atoms with Crippen LogP contribution in [0.15, 0.2) is 43.1 Å². The average Bonchev–Trinajstić information content (AvgIpc) is 3.31. The highest BCUT2D eigenvalue weighted by molar-refractivity contribution is 7.81. The van der Waals surface area contributed by atoms with E-state index in [9.17, 15) is 18.2 Å². The predicted molar refractivity (Wildman–Crippen MR) is 152 cm³/mol. The number of primary amides is 1. The summed E-state index contributed by atoms with van der Waals surface area (Å²) in [6, 6.07) is 5.08. The summed E-state index contributed by atoms with van der Waals surface area (Å²) in [4.78, 5) is 25.4. The van der Waals surface area contributed by atoms with Crippen molar-refractivity contribution in [3.05, 3.63) is 60.2 Å². The molecule has 2 amide bonds. The van der Waals surface area contributed by atoms with Crippen LogP contribution in [0.4, 0.5) is 4.39 Å². The Hall–Kier alpha value is -3.11. The topological polar surface area (TPSA) is 110 Å². The molecule has 0 spiro atoms. The van der Waals surface area contributed by atoms with E-state index in [1.807, 2.05) is 6.92 Å². The van der Waals surface area contributed by atoms with Gasteiger partial charge in [-0.1, -0.05) is 39.8 Å². The molecule has 1 aliphatic heterocycles. The number of halogens is 1. The van der Waals surface area contributed by atoms with Crippen molar-refractivity contribution in [1.29, 1.82) is 0 Å². The largest absolute Gasteiger partial charge is 0.368 e. The van der Waals surface area contributed by atoms with Crippen LogP contribution in [0.1, 0.15) is 64.6 Å². The second-order valence-electron chi connectivity index (χ2n) is 9.20. The van der Waals surface area contributed by atoms with E-state index in [1.54, 1.807) is 46.4 Å². The number of nitrogens with one attached hydrogen (secondary N) is 1. The summed E-state index contributed by atoms with van der Waals surface area (Å²) in [5.41, 5.74) is 7.88. The number of hydrogen-bond acceptors (Lipinski definition) is 4. The molecule has 2 aromatic rings. The van der Waals surface area contributed by atoms with Crippen molar-refractivity contribution in [2.45, 2.75) is 65.5 Å². The van der Waals surface area contributed by atoms with E-state index in [-0.39, 0.29) is 23.7 Å². The van der Waals surface area contributed by atoms with E-state index in [0.29, 0.717) is 48.3 Å². The number of carbonyl (C=O) groups is 2. The molecule has 38 heavy (non-hydrogen) atoms. The number of nitrogens with zero attached hydrogens (tertiary/aromatic N) is 3.